The minimum Gasteiger partial charge on any atom is -0.505 e. The van der Waals surface area contributed by atoms with E-state index in [9.17, 15) is 19.5 Å². The molecule has 0 bridgehead atoms. The average Bonchev–Trinajstić information content (AvgIpc) is 2.82. The zero-order valence-corrected chi connectivity index (χ0v) is 19.8. The van der Waals surface area contributed by atoms with Crippen LogP contribution in [0.4, 0.5) is 17.1 Å². The summed E-state index contributed by atoms with van der Waals surface area (Å²) >= 11 is 0. The highest BCUT2D eigenvalue weighted by molar-refractivity contribution is 5.87. The van der Waals surface area contributed by atoms with Crippen LogP contribution in [0.25, 0.3) is 0 Å². The van der Waals surface area contributed by atoms with E-state index in [2.05, 4.69) is 10.6 Å². The number of aldehydes is 1. The molecule has 8 heteroatoms. The lowest BCUT2D eigenvalue weighted by Crippen LogP contribution is -2.37. The Balaban J connectivity index is 0.000000820. The van der Waals surface area contributed by atoms with Crippen molar-refractivity contribution in [2.75, 3.05) is 44.9 Å². The van der Waals surface area contributed by atoms with Gasteiger partial charge in [0.05, 0.1) is 24.5 Å². The lowest BCUT2D eigenvalue weighted by atomic mass is 10.1. The molecule has 0 heterocycles. The quantitative estimate of drug-likeness (QED) is 0.195. The van der Waals surface area contributed by atoms with E-state index < -0.39 is 10.9 Å². The molecule has 0 atom stereocenters. The van der Waals surface area contributed by atoms with Gasteiger partial charge in [0.2, 0.25) is 0 Å². The van der Waals surface area contributed by atoms with Crippen LogP contribution in [0.5, 0.6) is 5.75 Å². The van der Waals surface area contributed by atoms with Crippen LogP contribution in [-0.2, 0) is 11.3 Å². The van der Waals surface area contributed by atoms with Gasteiger partial charge in [-0.2, -0.15) is 0 Å². The highest BCUT2D eigenvalue weighted by atomic mass is 16.5. The van der Waals surface area contributed by atoms with Crippen LogP contribution in [0, 0.1) is 0 Å². The van der Waals surface area contributed by atoms with Crippen molar-refractivity contribution >= 4 is 23.3 Å². The molecular formula is C25H33N3O5. The second-order valence-corrected chi connectivity index (χ2v) is 7.20. The number of aromatic hydroxyl groups is 1. The van der Waals surface area contributed by atoms with E-state index in [1.165, 1.54) is 12.1 Å². The molecule has 0 unspecified atom stereocenters. The monoisotopic (exact) mass is 455 g/mol. The van der Waals surface area contributed by atoms with E-state index in [-0.39, 0.29) is 28.4 Å². The summed E-state index contributed by atoms with van der Waals surface area (Å²) in [6.45, 7) is 5.14. The Hall–Kier alpha value is -3.49. The van der Waals surface area contributed by atoms with Crippen LogP contribution < -0.4 is 21.5 Å². The number of anilines is 3. The number of rotatable bonds is 9. The van der Waals surface area contributed by atoms with Crippen LogP contribution in [0.1, 0.15) is 29.8 Å². The Morgan fingerprint density at radius 2 is 1.55 bits per heavy atom. The molecule has 0 aliphatic heterocycles. The molecule has 0 aliphatic rings. The van der Waals surface area contributed by atoms with Crippen molar-refractivity contribution in [2.45, 2.75) is 20.5 Å². The molecule has 0 aromatic heterocycles. The second kappa shape index (κ2) is 14.5. The number of ether oxygens (including phenoxy) is 1. The van der Waals surface area contributed by atoms with Crippen molar-refractivity contribution in [1.29, 1.82) is 0 Å². The van der Waals surface area contributed by atoms with Gasteiger partial charge in [0.25, 0.3) is 10.9 Å². The fraction of sp³-hybridized carbons (Fsp3) is 0.320. The Labute approximate surface area is 194 Å². The zero-order valence-electron chi connectivity index (χ0n) is 19.8. The maximum absolute atomic E-state index is 11.8. The maximum atomic E-state index is 11.8. The number of hydrogen-bond acceptors (Lipinski definition) is 8. The highest BCUT2D eigenvalue weighted by Crippen LogP contribution is 2.30. The van der Waals surface area contributed by atoms with E-state index in [1.54, 1.807) is 6.07 Å². The summed E-state index contributed by atoms with van der Waals surface area (Å²) in [6.07, 6.45) is 0.506. The highest BCUT2D eigenvalue weighted by Gasteiger charge is 2.21. The summed E-state index contributed by atoms with van der Waals surface area (Å²) in [4.78, 5) is 36.5. The van der Waals surface area contributed by atoms with Crippen LogP contribution in [0.2, 0.25) is 0 Å². The molecule has 3 rings (SSSR count). The average molecular weight is 456 g/mol. The molecule has 178 valence electrons. The Bertz CT molecular complexity index is 1060. The van der Waals surface area contributed by atoms with E-state index in [1.807, 2.05) is 70.2 Å². The first-order valence-electron chi connectivity index (χ1n) is 10.7. The largest absolute Gasteiger partial charge is 0.505 e. The van der Waals surface area contributed by atoms with Crippen molar-refractivity contribution in [2.24, 2.45) is 0 Å². The molecule has 3 aromatic rings. The van der Waals surface area contributed by atoms with Crippen LogP contribution in [0.3, 0.4) is 0 Å². The number of carbonyl (C=O) groups is 1. The van der Waals surface area contributed by atoms with Crippen LogP contribution in [0.15, 0.2) is 58.1 Å². The van der Waals surface area contributed by atoms with Crippen LogP contribution in [-0.4, -0.2) is 50.6 Å². The standard InChI is InChI=1S/C20H18N2O5.C3H9N.C2H6/c23-11-14-7-4-8-15(18(14)24)22-17-16(19(25)20(17)26)21-9-10-27-12-13-5-2-1-3-6-13;1-4(2)3;1-2/h1-8,11,21-22,24H,9-10,12H2;1-3H3;1-2H3. The third-order valence-corrected chi connectivity index (χ3v) is 4.02. The van der Waals surface area contributed by atoms with Crippen molar-refractivity contribution < 1.29 is 14.6 Å². The summed E-state index contributed by atoms with van der Waals surface area (Å²) in [7, 11) is 6.00. The van der Waals surface area contributed by atoms with Crippen molar-refractivity contribution in [3.05, 3.63) is 80.1 Å². The van der Waals surface area contributed by atoms with Crippen molar-refractivity contribution in [3.63, 3.8) is 0 Å². The van der Waals surface area contributed by atoms with E-state index in [4.69, 9.17) is 4.74 Å². The predicted octanol–water partition coefficient (Wildman–Crippen LogP) is 3.38. The van der Waals surface area contributed by atoms with Crippen LogP contribution >= 0.6 is 0 Å². The molecule has 0 saturated heterocycles. The number of benzene rings is 2. The molecule has 8 nitrogen and oxygen atoms in total. The minimum absolute atomic E-state index is 0.0569. The maximum Gasteiger partial charge on any atom is 0.253 e. The fourth-order valence-electron chi connectivity index (χ4n) is 2.58. The number of phenols is 1. The van der Waals surface area contributed by atoms with Gasteiger partial charge in [-0.05, 0) is 38.8 Å². The third kappa shape index (κ3) is 8.51. The first-order valence-corrected chi connectivity index (χ1v) is 10.7. The molecule has 0 fully saturated rings. The lowest BCUT2D eigenvalue weighted by molar-refractivity contribution is 0.112. The smallest absolute Gasteiger partial charge is 0.253 e. The summed E-state index contributed by atoms with van der Waals surface area (Å²) in [6, 6.07) is 14.2. The predicted molar refractivity (Wildman–Crippen MR) is 134 cm³/mol. The van der Waals surface area contributed by atoms with Gasteiger partial charge >= 0.3 is 0 Å². The fourth-order valence-corrected chi connectivity index (χ4v) is 2.58. The number of phenolic OH excluding ortho intramolecular Hbond substituents is 1. The number of nitrogens with zero attached hydrogens (tertiary/aromatic N) is 1. The SMILES string of the molecule is CC.CN(C)C.O=Cc1cccc(Nc2c(NCCOCc3ccccc3)c(=O)c2=O)c1O. The molecule has 0 amide bonds. The second-order valence-electron chi connectivity index (χ2n) is 7.20. The number of para-hydroxylation sites is 1. The summed E-state index contributed by atoms with van der Waals surface area (Å²) < 4.78 is 5.52. The number of nitrogens with one attached hydrogen (secondary N) is 2. The van der Waals surface area contributed by atoms with Crippen molar-refractivity contribution in [3.8, 4) is 5.75 Å². The summed E-state index contributed by atoms with van der Waals surface area (Å²) in [5, 5.41) is 15.6. The molecule has 33 heavy (non-hydrogen) atoms. The van der Waals surface area contributed by atoms with Gasteiger partial charge < -0.3 is 25.4 Å². The van der Waals surface area contributed by atoms with Gasteiger partial charge in [0.15, 0.2) is 6.29 Å². The molecule has 0 radical (unpaired) electrons. The molecule has 0 saturated carbocycles. The number of hydrogen-bond donors (Lipinski definition) is 3. The topological polar surface area (TPSA) is 108 Å². The van der Waals surface area contributed by atoms with Gasteiger partial charge in [-0.15, -0.1) is 0 Å². The molecule has 3 N–H and O–H groups in total. The third-order valence-electron chi connectivity index (χ3n) is 4.02. The Morgan fingerprint density at radius 1 is 0.939 bits per heavy atom. The van der Waals surface area contributed by atoms with E-state index >= 15 is 0 Å². The Kier molecular flexibility index (Phi) is 12.1. The molecule has 3 aromatic carbocycles. The summed E-state index contributed by atoms with van der Waals surface area (Å²) in [5.74, 6) is -0.280. The molecule has 0 spiro atoms. The Morgan fingerprint density at radius 3 is 2.15 bits per heavy atom. The van der Waals surface area contributed by atoms with Gasteiger partial charge in [0, 0.05) is 6.54 Å². The molecular weight excluding hydrogens is 422 g/mol. The van der Waals surface area contributed by atoms with Gasteiger partial charge in [-0.3, -0.25) is 14.4 Å². The first kappa shape index (κ1) is 27.5. The molecule has 0 aliphatic carbocycles. The summed E-state index contributed by atoms with van der Waals surface area (Å²) in [5.41, 5.74) is 0.183. The minimum atomic E-state index is -0.682. The van der Waals surface area contributed by atoms with Gasteiger partial charge in [-0.1, -0.05) is 50.2 Å². The van der Waals surface area contributed by atoms with Crippen molar-refractivity contribution in [1.82, 2.24) is 4.90 Å². The lowest BCUT2D eigenvalue weighted by Gasteiger charge is -2.16. The van der Waals surface area contributed by atoms with Gasteiger partial charge in [-0.25, -0.2) is 0 Å². The normalized spacial score (nSPS) is 10.0. The first-order chi connectivity index (χ1) is 15.8. The zero-order chi connectivity index (χ0) is 24.8. The van der Waals surface area contributed by atoms with Gasteiger partial charge in [0.1, 0.15) is 17.1 Å². The number of carbonyl (C=O) groups excluding carboxylic acids is 1. The van der Waals surface area contributed by atoms with E-state index in [0.717, 1.165) is 5.56 Å². The van der Waals surface area contributed by atoms with E-state index in [0.29, 0.717) is 26.0 Å².